The number of carbonyl (C=O) groups is 1. The molecule has 0 radical (unpaired) electrons. The Kier molecular flexibility index (Phi) is 6.41. The number of rotatable bonds is 5. The van der Waals surface area contributed by atoms with E-state index in [9.17, 15) is 4.79 Å². The summed E-state index contributed by atoms with van der Waals surface area (Å²) in [5, 5.41) is 3.01. The molecule has 1 aromatic carbocycles. The molecule has 6 heteroatoms. The van der Waals surface area contributed by atoms with Gasteiger partial charge in [-0.25, -0.2) is 4.98 Å². The Morgan fingerprint density at radius 2 is 1.77 bits per heavy atom. The lowest BCUT2D eigenvalue weighted by molar-refractivity contribution is 0.101. The Morgan fingerprint density at radius 1 is 1.03 bits per heavy atom. The van der Waals surface area contributed by atoms with E-state index in [-0.39, 0.29) is 5.91 Å². The standard InChI is InChI=1S/C24H27IN4O/c1-17-12-21(26-23(14-17)28-10-4-3-5-11-28)16-29-15-18(2)13-22(29)24(30)27-20-8-6-19(25)7-9-20/h6-9,12-15H,3-5,10-11,16H2,1-2H3,(H,27,30). The summed E-state index contributed by atoms with van der Waals surface area (Å²) in [6.45, 7) is 6.85. The number of benzene rings is 1. The molecule has 0 spiro atoms. The van der Waals surface area contributed by atoms with E-state index in [4.69, 9.17) is 4.98 Å². The maximum absolute atomic E-state index is 12.9. The minimum absolute atomic E-state index is 0.104. The fourth-order valence-corrected chi connectivity index (χ4v) is 4.33. The topological polar surface area (TPSA) is 50.2 Å². The third kappa shape index (κ3) is 5.03. The highest BCUT2D eigenvalue weighted by atomic mass is 127. The number of aromatic nitrogens is 2. The van der Waals surface area contributed by atoms with E-state index in [1.165, 1.54) is 24.8 Å². The van der Waals surface area contributed by atoms with Crippen LogP contribution >= 0.6 is 22.6 Å². The van der Waals surface area contributed by atoms with Crippen LogP contribution in [-0.2, 0) is 6.54 Å². The summed E-state index contributed by atoms with van der Waals surface area (Å²) in [6, 6.07) is 14.0. The Morgan fingerprint density at radius 3 is 2.50 bits per heavy atom. The van der Waals surface area contributed by atoms with Crippen molar-refractivity contribution in [2.24, 2.45) is 0 Å². The molecule has 3 aromatic rings. The second-order valence-electron chi connectivity index (χ2n) is 8.03. The van der Waals surface area contributed by atoms with Gasteiger partial charge in [-0.1, -0.05) is 0 Å². The predicted molar refractivity (Wildman–Crippen MR) is 130 cm³/mol. The molecule has 4 rings (SSSR count). The Labute approximate surface area is 191 Å². The highest BCUT2D eigenvalue weighted by molar-refractivity contribution is 14.1. The number of carbonyl (C=O) groups excluding carboxylic acids is 1. The Balaban J connectivity index is 1.56. The van der Waals surface area contributed by atoms with Crippen LogP contribution in [0.1, 0.15) is 46.6 Å². The van der Waals surface area contributed by atoms with Gasteiger partial charge in [-0.15, -0.1) is 0 Å². The highest BCUT2D eigenvalue weighted by Crippen LogP contribution is 2.21. The number of amides is 1. The first kappa shape index (κ1) is 20.9. The largest absolute Gasteiger partial charge is 0.357 e. The molecule has 0 atom stereocenters. The number of aryl methyl sites for hydroxylation is 2. The first-order chi connectivity index (χ1) is 14.5. The van der Waals surface area contributed by atoms with Crippen molar-refractivity contribution in [2.75, 3.05) is 23.3 Å². The van der Waals surface area contributed by atoms with Crippen LogP contribution in [-0.4, -0.2) is 28.5 Å². The van der Waals surface area contributed by atoms with Crippen molar-refractivity contribution < 1.29 is 4.79 Å². The first-order valence-electron chi connectivity index (χ1n) is 10.4. The van der Waals surface area contributed by atoms with Crippen LogP contribution in [0.2, 0.25) is 0 Å². The SMILES string of the molecule is Cc1cc(Cn2cc(C)cc2C(=O)Nc2ccc(I)cc2)nc(N2CCCCC2)c1. The third-order valence-corrected chi connectivity index (χ3v) is 6.11. The predicted octanol–water partition coefficient (Wildman–Crippen LogP) is 5.40. The summed E-state index contributed by atoms with van der Waals surface area (Å²) in [6.07, 6.45) is 5.78. The number of halogens is 1. The zero-order valence-electron chi connectivity index (χ0n) is 17.5. The van der Waals surface area contributed by atoms with Crippen molar-refractivity contribution in [3.63, 3.8) is 0 Å². The molecular weight excluding hydrogens is 487 g/mol. The molecule has 1 N–H and O–H groups in total. The molecule has 0 bridgehead atoms. The molecule has 0 saturated carbocycles. The maximum atomic E-state index is 12.9. The monoisotopic (exact) mass is 514 g/mol. The van der Waals surface area contributed by atoms with E-state index in [0.29, 0.717) is 12.2 Å². The van der Waals surface area contributed by atoms with Crippen LogP contribution < -0.4 is 10.2 Å². The third-order valence-electron chi connectivity index (χ3n) is 5.39. The number of anilines is 2. The van der Waals surface area contributed by atoms with Gasteiger partial charge in [0.15, 0.2) is 0 Å². The van der Waals surface area contributed by atoms with Crippen LogP contribution in [0.5, 0.6) is 0 Å². The van der Waals surface area contributed by atoms with Gasteiger partial charge in [0, 0.05) is 28.5 Å². The number of nitrogens with one attached hydrogen (secondary N) is 1. The van der Waals surface area contributed by atoms with E-state index in [2.05, 4.69) is 51.9 Å². The molecule has 156 valence electrons. The average molecular weight is 514 g/mol. The van der Waals surface area contributed by atoms with Crippen molar-refractivity contribution in [1.29, 1.82) is 0 Å². The number of nitrogens with zero attached hydrogens (tertiary/aromatic N) is 3. The molecular formula is C24H27IN4O. The summed E-state index contributed by atoms with van der Waals surface area (Å²) >= 11 is 2.26. The fourth-order valence-electron chi connectivity index (χ4n) is 3.97. The van der Waals surface area contributed by atoms with Gasteiger partial charge in [-0.05, 0) is 109 Å². The van der Waals surface area contributed by atoms with E-state index in [1.54, 1.807) is 0 Å². The number of piperidine rings is 1. The van der Waals surface area contributed by atoms with Crippen LogP contribution in [0.3, 0.4) is 0 Å². The average Bonchev–Trinajstić information content (AvgIpc) is 3.10. The normalized spacial score (nSPS) is 14.0. The molecule has 0 unspecified atom stereocenters. The summed E-state index contributed by atoms with van der Waals surface area (Å²) in [7, 11) is 0. The highest BCUT2D eigenvalue weighted by Gasteiger charge is 2.16. The second kappa shape index (κ2) is 9.20. The number of hydrogen-bond acceptors (Lipinski definition) is 3. The van der Waals surface area contributed by atoms with Gasteiger partial charge in [-0.2, -0.15) is 0 Å². The molecule has 30 heavy (non-hydrogen) atoms. The molecule has 3 heterocycles. The molecule has 1 aliphatic rings. The summed E-state index contributed by atoms with van der Waals surface area (Å²) < 4.78 is 3.14. The molecule has 0 aliphatic carbocycles. The van der Waals surface area contributed by atoms with Crippen molar-refractivity contribution in [3.05, 3.63) is 74.7 Å². The molecule has 1 aliphatic heterocycles. The lowest BCUT2D eigenvalue weighted by Gasteiger charge is -2.28. The van der Waals surface area contributed by atoms with Crippen molar-refractivity contribution in [3.8, 4) is 0 Å². The van der Waals surface area contributed by atoms with Gasteiger partial charge in [0.2, 0.25) is 0 Å². The molecule has 5 nitrogen and oxygen atoms in total. The van der Waals surface area contributed by atoms with Gasteiger partial charge < -0.3 is 14.8 Å². The van der Waals surface area contributed by atoms with E-state index >= 15 is 0 Å². The second-order valence-corrected chi connectivity index (χ2v) is 9.28. The van der Waals surface area contributed by atoms with Crippen molar-refractivity contribution >= 4 is 40.0 Å². The Bertz CT molecular complexity index is 1040. The van der Waals surface area contributed by atoms with Gasteiger partial charge >= 0.3 is 0 Å². The van der Waals surface area contributed by atoms with Gasteiger partial charge in [0.25, 0.3) is 5.91 Å². The quantitative estimate of drug-likeness (QED) is 0.465. The minimum atomic E-state index is -0.104. The van der Waals surface area contributed by atoms with Crippen LogP contribution in [0.25, 0.3) is 0 Å². The number of pyridine rings is 1. The first-order valence-corrected chi connectivity index (χ1v) is 11.5. The summed E-state index contributed by atoms with van der Waals surface area (Å²) in [4.78, 5) is 20.3. The summed E-state index contributed by atoms with van der Waals surface area (Å²) in [5.74, 6) is 0.951. The van der Waals surface area contributed by atoms with Gasteiger partial charge in [-0.3, -0.25) is 4.79 Å². The van der Waals surface area contributed by atoms with Gasteiger partial charge in [0.1, 0.15) is 11.5 Å². The lowest BCUT2D eigenvalue weighted by atomic mass is 10.1. The van der Waals surface area contributed by atoms with E-state index in [0.717, 1.165) is 39.4 Å². The lowest BCUT2D eigenvalue weighted by Crippen LogP contribution is -2.30. The van der Waals surface area contributed by atoms with Gasteiger partial charge in [0.05, 0.1) is 12.2 Å². The van der Waals surface area contributed by atoms with E-state index < -0.39 is 0 Å². The maximum Gasteiger partial charge on any atom is 0.272 e. The van der Waals surface area contributed by atoms with Crippen LogP contribution in [0.4, 0.5) is 11.5 Å². The molecule has 1 saturated heterocycles. The van der Waals surface area contributed by atoms with E-state index in [1.807, 2.05) is 48.0 Å². The van der Waals surface area contributed by atoms with Crippen LogP contribution in [0, 0.1) is 17.4 Å². The zero-order valence-corrected chi connectivity index (χ0v) is 19.6. The molecule has 2 aromatic heterocycles. The molecule has 1 amide bonds. The number of hydrogen-bond donors (Lipinski definition) is 1. The minimum Gasteiger partial charge on any atom is -0.357 e. The summed E-state index contributed by atoms with van der Waals surface area (Å²) in [5.41, 5.74) is 4.69. The Hall–Kier alpha value is -2.35. The smallest absolute Gasteiger partial charge is 0.272 e. The molecule has 1 fully saturated rings. The van der Waals surface area contributed by atoms with Crippen molar-refractivity contribution in [2.45, 2.75) is 39.7 Å². The van der Waals surface area contributed by atoms with Crippen molar-refractivity contribution in [1.82, 2.24) is 9.55 Å². The van der Waals surface area contributed by atoms with Crippen LogP contribution in [0.15, 0.2) is 48.7 Å². The fraction of sp³-hybridized carbons (Fsp3) is 0.333. The zero-order chi connectivity index (χ0) is 21.1.